The van der Waals surface area contributed by atoms with Crippen LogP contribution in [0.15, 0.2) is 41.1 Å². The lowest BCUT2D eigenvalue weighted by Crippen LogP contribution is -1.85. The van der Waals surface area contributed by atoms with Crippen molar-refractivity contribution in [2.75, 3.05) is 0 Å². The molecule has 1 nitrogen and oxygen atoms in total. The van der Waals surface area contributed by atoms with E-state index in [1.54, 1.807) is 0 Å². The quantitative estimate of drug-likeness (QED) is 0.521. The summed E-state index contributed by atoms with van der Waals surface area (Å²) in [6.45, 7) is 2.01. The molecule has 1 aliphatic heterocycles. The number of aliphatic imine (C=N–C) groups is 1. The molecule has 1 rings (SSSR count). The van der Waals surface area contributed by atoms with Crippen LogP contribution in [0.4, 0.5) is 0 Å². The first-order valence-corrected chi connectivity index (χ1v) is 3.43. The lowest BCUT2D eigenvalue weighted by Gasteiger charge is -1.97. The van der Waals surface area contributed by atoms with Gasteiger partial charge in [0.15, 0.2) is 0 Å². The van der Waals surface area contributed by atoms with E-state index in [0.29, 0.717) is 0 Å². The summed E-state index contributed by atoms with van der Waals surface area (Å²) in [5.41, 5.74) is 1.26. The summed E-state index contributed by atoms with van der Waals surface area (Å²) >= 11 is 0. The molecule has 0 aromatic rings. The van der Waals surface area contributed by atoms with Crippen molar-refractivity contribution in [3.05, 3.63) is 36.1 Å². The predicted molar refractivity (Wildman–Crippen MR) is 45.1 cm³/mol. The molecule has 0 saturated carbocycles. The SMILES string of the molecule is C/C=C\C=C1\C=NC=CC1. The summed E-state index contributed by atoms with van der Waals surface area (Å²) in [5.74, 6) is 0. The van der Waals surface area contributed by atoms with Gasteiger partial charge in [-0.05, 0) is 18.9 Å². The maximum atomic E-state index is 4.00. The summed E-state index contributed by atoms with van der Waals surface area (Å²) in [6, 6.07) is 0. The van der Waals surface area contributed by atoms with Crippen LogP contribution in [0, 0.1) is 0 Å². The van der Waals surface area contributed by atoms with Crippen molar-refractivity contribution >= 4 is 6.21 Å². The van der Waals surface area contributed by atoms with Crippen LogP contribution < -0.4 is 0 Å². The van der Waals surface area contributed by atoms with Crippen LogP contribution in [0.2, 0.25) is 0 Å². The average molecular weight is 133 g/mol. The molecule has 0 aromatic heterocycles. The summed E-state index contributed by atoms with van der Waals surface area (Å²) < 4.78 is 0. The van der Waals surface area contributed by atoms with E-state index in [2.05, 4.69) is 17.1 Å². The van der Waals surface area contributed by atoms with Crippen molar-refractivity contribution in [1.82, 2.24) is 0 Å². The van der Waals surface area contributed by atoms with Gasteiger partial charge in [-0.25, -0.2) is 0 Å². The van der Waals surface area contributed by atoms with Gasteiger partial charge in [0.05, 0.1) is 0 Å². The Hall–Kier alpha value is -1.11. The van der Waals surface area contributed by atoms with Crippen LogP contribution in [0.3, 0.4) is 0 Å². The Balaban J connectivity index is 2.58. The molecular weight excluding hydrogens is 122 g/mol. The fourth-order valence-electron chi connectivity index (χ4n) is 0.772. The average Bonchev–Trinajstić information content (AvgIpc) is 2.03. The van der Waals surface area contributed by atoms with Gasteiger partial charge in [-0.1, -0.05) is 24.3 Å². The van der Waals surface area contributed by atoms with E-state index in [-0.39, 0.29) is 0 Å². The van der Waals surface area contributed by atoms with Crippen LogP contribution in [0.5, 0.6) is 0 Å². The minimum absolute atomic E-state index is 1.01. The van der Waals surface area contributed by atoms with Gasteiger partial charge in [-0.3, -0.25) is 4.99 Å². The molecule has 0 bridgehead atoms. The molecule has 1 aliphatic rings. The van der Waals surface area contributed by atoms with Crippen LogP contribution in [-0.4, -0.2) is 6.21 Å². The third kappa shape index (κ3) is 2.02. The van der Waals surface area contributed by atoms with Gasteiger partial charge in [0, 0.05) is 12.4 Å². The standard InChI is InChI=1S/C9H11N/c1-2-3-5-9-6-4-7-10-8-9/h2-5,7-8H,6H2,1H3/b3-2-,9-5+. The first-order valence-electron chi connectivity index (χ1n) is 3.43. The highest BCUT2D eigenvalue weighted by Crippen LogP contribution is 2.04. The van der Waals surface area contributed by atoms with Crippen molar-refractivity contribution in [3.63, 3.8) is 0 Å². The lowest BCUT2D eigenvalue weighted by molar-refractivity contribution is 1.27. The monoisotopic (exact) mass is 133 g/mol. The third-order valence-corrected chi connectivity index (χ3v) is 1.29. The molecule has 1 heteroatoms. The lowest BCUT2D eigenvalue weighted by atomic mass is 10.1. The van der Waals surface area contributed by atoms with E-state index in [9.17, 15) is 0 Å². The Bertz CT molecular complexity index is 207. The molecule has 1 heterocycles. The van der Waals surface area contributed by atoms with E-state index in [1.165, 1.54) is 5.57 Å². The van der Waals surface area contributed by atoms with Crippen LogP contribution in [-0.2, 0) is 0 Å². The summed E-state index contributed by atoms with van der Waals surface area (Å²) in [5, 5.41) is 0. The molecule has 10 heavy (non-hydrogen) atoms. The van der Waals surface area contributed by atoms with E-state index in [1.807, 2.05) is 31.5 Å². The largest absolute Gasteiger partial charge is 0.265 e. The highest BCUT2D eigenvalue weighted by atomic mass is 14.7. The first kappa shape index (κ1) is 7.00. The van der Waals surface area contributed by atoms with Gasteiger partial charge in [0.1, 0.15) is 0 Å². The molecule has 0 radical (unpaired) electrons. The second kappa shape index (κ2) is 3.83. The van der Waals surface area contributed by atoms with Crippen LogP contribution >= 0.6 is 0 Å². The van der Waals surface area contributed by atoms with Crippen molar-refractivity contribution in [3.8, 4) is 0 Å². The molecule has 0 amide bonds. The van der Waals surface area contributed by atoms with Gasteiger partial charge < -0.3 is 0 Å². The second-order valence-corrected chi connectivity index (χ2v) is 2.13. The zero-order valence-corrected chi connectivity index (χ0v) is 6.12. The van der Waals surface area contributed by atoms with Crippen molar-refractivity contribution < 1.29 is 0 Å². The third-order valence-electron chi connectivity index (χ3n) is 1.29. The Morgan fingerprint density at radius 1 is 1.60 bits per heavy atom. The maximum absolute atomic E-state index is 4.00. The fourth-order valence-corrected chi connectivity index (χ4v) is 0.772. The van der Waals surface area contributed by atoms with E-state index in [0.717, 1.165) is 6.42 Å². The Morgan fingerprint density at radius 2 is 2.50 bits per heavy atom. The topological polar surface area (TPSA) is 12.4 Å². The number of hydrogen-bond donors (Lipinski definition) is 0. The number of allylic oxidation sites excluding steroid dienone is 5. The molecule has 0 spiro atoms. The second-order valence-electron chi connectivity index (χ2n) is 2.13. The molecule has 0 unspecified atom stereocenters. The minimum atomic E-state index is 1.01. The zero-order valence-electron chi connectivity index (χ0n) is 6.12. The normalized spacial score (nSPS) is 21.1. The molecule has 0 saturated heterocycles. The smallest absolute Gasteiger partial charge is 0.0302 e. The van der Waals surface area contributed by atoms with Crippen molar-refractivity contribution in [2.45, 2.75) is 13.3 Å². The van der Waals surface area contributed by atoms with Crippen LogP contribution in [0.1, 0.15) is 13.3 Å². The maximum Gasteiger partial charge on any atom is 0.0302 e. The number of rotatable bonds is 1. The highest BCUT2D eigenvalue weighted by molar-refractivity contribution is 5.80. The Labute approximate surface area is 61.5 Å². The molecule has 0 N–H and O–H groups in total. The van der Waals surface area contributed by atoms with Gasteiger partial charge in [-0.2, -0.15) is 0 Å². The Kier molecular flexibility index (Phi) is 2.68. The molecule has 0 aliphatic carbocycles. The van der Waals surface area contributed by atoms with Gasteiger partial charge in [0.25, 0.3) is 0 Å². The van der Waals surface area contributed by atoms with Crippen molar-refractivity contribution in [2.24, 2.45) is 4.99 Å². The summed E-state index contributed by atoms with van der Waals surface area (Å²) in [7, 11) is 0. The molecule has 52 valence electrons. The number of nitrogens with zero attached hydrogens (tertiary/aromatic N) is 1. The van der Waals surface area contributed by atoms with Crippen molar-refractivity contribution in [1.29, 1.82) is 0 Å². The van der Waals surface area contributed by atoms with E-state index >= 15 is 0 Å². The predicted octanol–water partition coefficient (Wildman–Crippen LogP) is 2.48. The summed E-state index contributed by atoms with van der Waals surface area (Å²) in [6.07, 6.45) is 12.9. The van der Waals surface area contributed by atoms with E-state index in [4.69, 9.17) is 0 Å². The first-order chi connectivity index (χ1) is 4.93. The highest BCUT2D eigenvalue weighted by Gasteiger charge is 1.90. The van der Waals surface area contributed by atoms with Gasteiger partial charge in [-0.15, -0.1) is 0 Å². The zero-order chi connectivity index (χ0) is 7.23. The van der Waals surface area contributed by atoms with Gasteiger partial charge >= 0.3 is 0 Å². The molecule has 0 fully saturated rings. The van der Waals surface area contributed by atoms with Gasteiger partial charge in [0.2, 0.25) is 0 Å². The molecule has 0 aromatic carbocycles. The molecular formula is C9H11N. The Morgan fingerprint density at radius 3 is 3.10 bits per heavy atom. The molecule has 0 atom stereocenters. The van der Waals surface area contributed by atoms with Crippen LogP contribution in [0.25, 0.3) is 0 Å². The number of hydrogen-bond acceptors (Lipinski definition) is 1. The van der Waals surface area contributed by atoms with E-state index < -0.39 is 0 Å². The summed E-state index contributed by atoms with van der Waals surface area (Å²) in [4.78, 5) is 4.00. The fraction of sp³-hybridized carbons (Fsp3) is 0.222. The minimum Gasteiger partial charge on any atom is -0.265 e.